The topological polar surface area (TPSA) is 190 Å². The molecular formula is C35H39N7O7. The second-order valence-electron chi connectivity index (χ2n) is 12.5. The highest BCUT2D eigenvalue weighted by molar-refractivity contribution is 5.99. The van der Waals surface area contributed by atoms with Crippen molar-refractivity contribution in [1.82, 2.24) is 35.9 Å². The van der Waals surface area contributed by atoms with Gasteiger partial charge in [-0.05, 0) is 31.0 Å². The maximum absolute atomic E-state index is 14.3. The maximum Gasteiger partial charge on any atom is 0.259 e. The summed E-state index contributed by atoms with van der Waals surface area (Å²) in [5, 5.41) is 23.8. The molecular weight excluding hydrogens is 630 g/mol. The lowest BCUT2D eigenvalue weighted by atomic mass is 10.0. The Morgan fingerprint density at radius 2 is 1.71 bits per heavy atom. The largest absolute Gasteiger partial charge is 0.391 e. The number of hydrogen-bond donors (Lipinski definition) is 5. The van der Waals surface area contributed by atoms with Gasteiger partial charge in [0, 0.05) is 56.0 Å². The van der Waals surface area contributed by atoms with Crippen molar-refractivity contribution in [1.29, 1.82) is 0 Å². The number of nitrogens with one attached hydrogen (secondary N) is 4. The van der Waals surface area contributed by atoms with Crippen LogP contribution in [0.2, 0.25) is 0 Å². The summed E-state index contributed by atoms with van der Waals surface area (Å²) in [6.07, 6.45) is 0.968. The molecule has 6 rings (SSSR count). The summed E-state index contributed by atoms with van der Waals surface area (Å²) in [5.41, 5.74) is 2.95. The Morgan fingerprint density at radius 1 is 0.959 bits per heavy atom. The molecule has 5 N–H and O–H groups in total. The number of aromatic nitrogens is 2. The first-order valence-electron chi connectivity index (χ1n) is 16.3. The summed E-state index contributed by atoms with van der Waals surface area (Å²) in [4.78, 5) is 74.9. The number of rotatable bonds is 5. The van der Waals surface area contributed by atoms with Gasteiger partial charge < -0.3 is 40.4 Å². The zero-order valence-electron chi connectivity index (χ0n) is 27.3. The molecule has 2 aliphatic rings. The van der Waals surface area contributed by atoms with Crippen LogP contribution in [-0.2, 0) is 32.0 Å². The molecule has 2 aromatic heterocycles. The number of aryl methyl sites for hydroxylation is 2. The molecule has 49 heavy (non-hydrogen) atoms. The number of hydrogen-bond acceptors (Lipinski definition) is 8. The highest BCUT2D eigenvalue weighted by atomic mass is 16.5. The third-order valence-corrected chi connectivity index (χ3v) is 9.06. The number of fused-ring (bicyclic) bond motifs is 2. The van der Waals surface area contributed by atoms with Crippen LogP contribution in [0.1, 0.15) is 39.4 Å². The van der Waals surface area contributed by atoms with Crippen molar-refractivity contribution in [3.05, 3.63) is 88.9 Å². The summed E-state index contributed by atoms with van der Waals surface area (Å²) in [7, 11) is 0. The monoisotopic (exact) mass is 669 g/mol. The molecule has 4 atom stereocenters. The van der Waals surface area contributed by atoms with E-state index < -0.39 is 60.3 Å². The summed E-state index contributed by atoms with van der Waals surface area (Å²) in [6.45, 7) is 2.55. The lowest BCUT2D eigenvalue weighted by Gasteiger charge is -2.30. The van der Waals surface area contributed by atoms with Crippen LogP contribution in [-0.4, -0.2) is 105 Å². The van der Waals surface area contributed by atoms with E-state index in [0.717, 1.165) is 22.0 Å². The number of aromatic amines is 1. The van der Waals surface area contributed by atoms with Crippen molar-refractivity contribution >= 4 is 40.4 Å². The third kappa shape index (κ3) is 7.33. The van der Waals surface area contributed by atoms with E-state index in [4.69, 9.17) is 4.52 Å². The van der Waals surface area contributed by atoms with Crippen LogP contribution in [0.25, 0.3) is 10.9 Å². The number of benzene rings is 2. The number of aliphatic hydroxyl groups is 1. The molecule has 0 bridgehead atoms. The van der Waals surface area contributed by atoms with Crippen LogP contribution in [0.3, 0.4) is 0 Å². The van der Waals surface area contributed by atoms with Gasteiger partial charge in [0.2, 0.25) is 23.6 Å². The normalized spacial score (nSPS) is 22.6. The summed E-state index contributed by atoms with van der Waals surface area (Å²) in [6, 6.07) is 13.4. The highest BCUT2D eigenvalue weighted by Gasteiger charge is 2.43. The predicted octanol–water partition coefficient (Wildman–Crippen LogP) is 0.762. The van der Waals surface area contributed by atoms with Crippen LogP contribution in [0.4, 0.5) is 0 Å². The average molecular weight is 670 g/mol. The van der Waals surface area contributed by atoms with Gasteiger partial charge in [-0.3, -0.25) is 24.0 Å². The number of carbonyl (C=O) groups is 5. The van der Waals surface area contributed by atoms with E-state index in [9.17, 15) is 29.1 Å². The average Bonchev–Trinajstić information content (AvgIpc) is 3.79. The van der Waals surface area contributed by atoms with Crippen molar-refractivity contribution < 1.29 is 33.6 Å². The second-order valence-corrected chi connectivity index (χ2v) is 12.5. The Bertz CT molecular complexity index is 1850. The number of carbonyl (C=O) groups excluding carboxylic acids is 5. The van der Waals surface area contributed by atoms with Gasteiger partial charge in [0.25, 0.3) is 5.91 Å². The van der Waals surface area contributed by atoms with Crippen LogP contribution in [0.15, 0.2) is 65.3 Å². The molecule has 2 fully saturated rings. The van der Waals surface area contributed by atoms with E-state index in [1.54, 1.807) is 20.0 Å². The Hall–Kier alpha value is -5.50. The molecule has 0 spiro atoms. The standard InChI is InChI=1S/C35H39N7O7/c1-20-31(21(2)49-40-20)35(48)41-13-12-36-32(45)27(14-22-8-4-3-5-9-22)39-33(46)29-16-24(43)18-42(29)34(47)28(38-30(44)19-41)15-23-17-37-26-11-7-6-10-25(23)26/h3-11,17,24,27-29,37,43H,12-16,18-19H2,1-2H3,(H,36,45)(H,38,44)(H,39,46)/t24-,27+,28-,29+/m1/s1. The molecule has 4 heterocycles. The molecule has 0 radical (unpaired) electrons. The zero-order valence-corrected chi connectivity index (χ0v) is 27.3. The first-order valence-corrected chi connectivity index (χ1v) is 16.3. The number of aliphatic hydroxyl groups excluding tert-OH is 1. The Morgan fingerprint density at radius 3 is 2.47 bits per heavy atom. The van der Waals surface area contributed by atoms with Gasteiger partial charge >= 0.3 is 0 Å². The fourth-order valence-electron chi connectivity index (χ4n) is 6.60. The molecule has 2 aliphatic heterocycles. The van der Waals surface area contributed by atoms with Crippen LogP contribution < -0.4 is 16.0 Å². The number of nitrogens with zero attached hydrogens (tertiary/aromatic N) is 3. The van der Waals surface area contributed by atoms with Gasteiger partial charge in [0.15, 0.2) is 0 Å². The number of H-pyrrole nitrogens is 1. The van der Waals surface area contributed by atoms with Gasteiger partial charge in [-0.2, -0.15) is 0 Å². The Balaban J connectivity index is 1.36. The molecule has 0 aliphatic carbocycles. The Kier molecular flexibility index (Phi) is 9.76. The smallest absolute Gasteiger partial charge is 0.259 e. The van der Waals surface area contributed by atoms with Crippen molar-refractivity contribution in [3.63, 3.8) is 0 Å². The van der Waals surface area contributed by atoms with Crippen LogP contribution in [0.5, 0.6) is 0 Å². The summed E-state index contributed by atoms with van der Waals surface area (Å²) >= 11 is 0. The van der Waals surface area contributed by atoms with Crippen molar-refractivity contribution in [2.75, 3.05) is 26.2 Å². The van der Waals surface area contributed by atoms with Crippen molar-refractivity contribution in [3.8, 4) is 0 Å². The van der Waals surface area contributed by atoms with E-state index in [0.29, 0.717) is 5.69 Å². The molecule has 256 valence electrons. The molecule has 14 heteroatoms. The Labute approximate surface area is 282 Å². The molecule has 5 amide bonds. The quantitative estimate of drug-likeness (QED) is 0.206. The minimum absolute atomic E-state index is 0.0334. The minimum atomic E-state index is -1.15. The highest BCUT2D eigenvalue weighted by Crippen LogP contribution is 2.24. The van der Waals surface area contributed by atoms with E-state index >= 15 is 0 Å². The summed E-state index contributed by atoms with van der Waals surface area (Å²) < 4.78 is 5.21. The lowest BCUT2D eigenvalue weighted by molar-refractivity contribution is -0.142. The van der Waals surface area contributed by atoms with Crippen molar-refractivity contribution in [2.45, 2.75) is 57.3 Å². The second kappa shape index (κ2) is 14.3. The first kappa shape index (κ1) is 33.4. The van der Waals surface area contributed by atoms with E-state index in [1.165, 1.54) is 9.80 Å². The molecule has 0 unspecified atom stereocenters. The van der Waals surface area contributed by atoms with Crippen molar-refractivity contribution in [2.24, 2.45) is 0 Å². The molecule has 2 aromatic carbocycles. The zero-order chi connectivity index (χ0) is 34.7. The van der Waals surface area contributed by atoms with Gasteiger partial charge in [-0.15, -0.1) is 0 Å². The minimum Gasteiger partial charge on any atom is -0.391 e. The fraction of sp³-hybridized carbons (Fsp3) is 0.371. The fourth-order valence-corrected chi connectivity index (χ4v) is 6.60. The summed E-state index contributed by atoms with van der Waals surface area (Å²) in [5.74, 6) is -2.54. The molecule has 2 saturated heterocycles. The van der Waals surface area contributed by atoms with E-state index in [1.807, 2.05) is 54.6 Å². The van der Waals surface area contributed by atoms with Gasteiger partial charge in [-0.25, -0.2) is 0 Å². The van der Waals surface area contributed by atoms with Gasteiger partial charge in [-0.1, -0.05) is 53.7 Å². The maximum atomic E-state index is 14.3. The molecule has 0 saturated carbocycles. The third-order valence-electron chi connectivity index (χ3n) is 9.06. The lowest BCUT2D eigenvalue weighted by Crippen LogP contribution is -2.57. The number of para-hydroxylation sites is 1. The first-order chi connectivity index (χ1) is 23.6. The van der Waals surface area contributed by atoms with E-state index in [-0.39, 0.29) is 50.2 Å². The van der Waals surface area contributed by atoms with Gasteiger partial charge in [0.1, 0.15) is 29.4 Å². The van der Waals surface area contributed by atoms with Crippen LogP contribution in [0, 0.1) is 13.8 Å². The van der Waals surface area contributed by atoms with Crippen LogP contribution >= 0.6 is 0 Å². The van der Waals surface area contributed by atoms with Gasteiger partial charge in [0.05, 0.1) is 18.3 Å². The number of amides is 5. The van der Waals surface area contributed by atoms with E-state index in [2.05, 4.69) is 26.1 Å². The molecule has 14 nitrogen and oxygen atoms in total. The SMILES string of the molecule is Cc1noc(C)c1C(=O)N1CCNC(=O)[C@H](Cc2ccccc2)NC(=O)[C@@H]2C[C@@H](O)CN2C(=O)[C@@H](Cc2c[nH]c3ccccc23)NC(=O)C1. The molecule has 4 aromatic rings. The predicted molar refractivity (Wildman–Crippen MR) is 177 cm³/mol.